The third kappa shape index (κ3) is 4.57. The molecule has 108 valence electrons. The first kappa shape index (κ1) is 14.4. The van der Waals surface area contributed by atoms with Crippen LogP contribution in [0, 0.1) is 0 Å². The van der Waals surface area contributed by atoms with Gasteiger partial charge in [-0.3, -0.25) is 0 Å². The summed E-state index contributed by atoms with van der Waals surface area (Å²) in [7, 11) is 0. The van der Waals surface area contributed by atoms with E-state index in [2.05, 4.69) is 22.2 Å². The van der Waals surface area contributed by atoms with Crippen LogP contribution in [0.3, 0.4) is 0 Å². The smallest absolute Gasteiger partial charge is 0.315 e. The normalized spacial score (nSPS) is 21.8. The van der Waals surface area contributed by atoms with Crippen molar-refractivity contribution in [3.8, 4) is 5.88 Å². The van der Waals surface area contributed by atoms with Crippen molar-refractivity contribution >= 4 is 6.03 Å². The number of nitrogens with one attached hydrogen (secondary N) is 2. The van der Waals surface area contributed by atoms with E-state index in [1.807, 2.05) is 18.2 Å². The molecule has 5 nitrogen and oxygen atoms in total. The van der Waals surface area contributed by atoms with Gasteiger partial charge in [0, 0.05) is 24.8 Å². The average Bonchev–Trinajstić information content (AvgIpc) is 2.48. The minimum Gasteiger partial charge on any atom is -0.474 e. The van der Waals surface area contributed by atoms with Gasteiger partial charge in [-0.1, -0.05) is 12.1 Å². The summed E-state index contributed by atoms with van der Waals surface area (Å²) in [5.41, 5.74) is 0. The Hall–Kier alpha value is -2.04. The molecule has 0 radical (unpaired) electrons. The molecule has 5 heteroatoms. The van der Waals surface area contributed by atoms with Crippen LogP contribution in [0.25, 0.3) is 0 Å². The van der Waals surface area contributed by atoms with E-state index < -0.39 is 0 Å². The molecule has 2 N–H and O–H groups in total. The average molecular weight is 275 g/mol. The molecule has 0 spiro atoms. The van der Waals surface area contributed by atoms with Gasteiger partial charge in [-0.25, -0.2) is 9.78 Å². The molecule has 2 amide bonds. The topological polar surface area (TPSA) is 63.2 Å². The molecule has 1 aliphatic carbocycles. The zero-order chi connectivity index (χ0) is 14.2. The van der Waals surface area contributed by atoms with Crippen molar-refractivity contribution in [1.82, 2.24) is 15.6 Å². The van der Waals surface area contributed by atoms with Crippen molar-refractivity contribution in [2.75, 3.05) is 6.54 Å². The van der Waals surface area contributed by atoms with E-state index in [0.29, 0.717) is 12.4 Å². The second kappa shape index (κ2) is 7.53. The number of hydrogen-bond acceptors (Lipinski definition) is 3. The number of hydrogen-bond donors (Lipinski definition) is 2. The van der Waals surface area contributed by atoms with Gasteiger partial charge in [0.25, 0.3) is 0 Å². The maximum Gasteiger partial charge on any atom is 0.315 e. The molecule has 1 fully saturated rings. The molecular weight excluding hydrogens is 254 g/mol. The molecule has 0 atom stereocenters. The quantitative estimate of drug-likeness (QED) is 0.810. The van der Waals surface area contributed by atoms with Crippen molar-refractivity contribution in [3.63, 3.8) is 0 Å². The largest absolute Gasteiger partial charge is 0.474 e. The van der Waals surface area contributed by atoms with Crippen molar-refractivity contribution in [2.45, 2.75) is 37.8 Å². The van der Waals surface area contributed by atoms with E-state index in [-0.39, 0.29) is 18.2 Å². The van der Waals surface area contributed by atoms with E-state index >= 15 is 0 Å². The van der Waals surface area contributed by atoms with Gasteiger partial charge in [0.05, 0.1) is 0 Å². The SMILES string of the molecule is C=CCNC(=O)NC1CCC(Oc2ccccn2)CC1. The Balaban J connectivity index is 1.70. The van der Waals surface area contributed by atoms with Crippen LogP contribution in [0.1, 0.15) is 25.7 Å². The molecular formula is C15H21N3O2. The van der Waals surface area contributed by atoms with Gasteiger partial charge in [-0.05, 0) is 31.7 Å². The van der Waals surface area contributed by atoms with Crippen molar-refractivity contribution in [3.05, 3.63) is 37.1 Å². The lowest BCUT2D eigenvalue weighted by Gasteiger charge is -2.29. The number of pyridine rings is 1. The van der Waals surface area contributed by atoms with Crippen LogP contribution < -0.4 is 15.4 Å². The standard InChI is InChI=1S/C15H21N3O2/c1-2-10-17-15(19)18-12-6-8-13(9-7-12)20-14-5-3-4-11-16-14/h2-5,11-13H,1,6-10H2,(H2,17,18,19). The third-order valence-electron chi connectivity index (χ3n) is 3.34. The molecule has 20 heavy (non-hydrogen) atoms. The summed E-state index contributed by atoms with van der Waals surface area (Å²) in [5, 5.41) is 5.69. The fourth-order valence-electron chi connectivity index (χ4n) is 2.31. The molecule has 2 rings (SSSR count). The highest BCUT2D eigenvalue weighted by atomic mass is 16.5. The second-order valence-corrected chi connectivity index (χ2v) is 4.90. The lowest BCUT2D eigenvalue weighted by molar-refractivity contribution is 0.135. The van der Waals surface area contributed by atoms with E-state index in [1.165, 1.54) is 0 Å². The molecule has 0 bridgehead atoms. The summed E-state index contributed by atoms with van der Waals surface area (Å²) in [6.45, 7) is 4.05. The van der Waals surface area contributed by atoms with Gasteiger partial charge >= 0.3 is 6.03 Å². The number of nitrogens with zero attached hydrogens (tertiary/aromatic N) is 1. The number of urea groups is 1. The van der Waals surface area contributed by atoms with Crippen LogP contribution in [0.4, 0.5) is 4.79 Å². The number of amides is 2. The molecule has 0 saturated heterocycles. The number of ether oxygens (including phenoxy) is 1. The summed E-state index contributed by atoms with van der Waals surface area (Å²) >= 11 is 0. The monoisotopic (exact) mass is 275 g/mol. The van der Waals surface area contributed by atoms with Crippen molar-refractivity contribution in [2.24, 2.45) is 0 Å². The Morgan fingerprint density at radius 3 is 2.85 bits per heavy atom. The Morgan fingerprint density at radius 2 is 2.20 bits per heavy atom. The summed E-state index contributed by atoms with van der Waals surface area (Å²) in [6.07, 6.45) is 7.31. The number of aromatic nitrogens is 1. The van der Waals surface area contributed by atoms with Gasteiger partial charge < -0.3 is 15.4 Å². The molecule has 1 saturated carbocycles. The van der Waals surface area contributed by atoms with Gasteiger partial charge in [0.15, 0.2) is 0 Å². The Morgan fingerprint density at radius 1 is 1.40 bits per heavy atom. The highest BCUT2D eigenvalue weighted by Gasteiger charge is 2.23. The van der Waals surface area contributed by atoms with Gasteiger partial charge in [-0.2, -0.15) is 0 Å². The van der Waals surface area contributed by atoms with Crippen molar-refractivity contribution in [1.29, 1.82) is 0 Å². The first-order valence-corrected chi connectivity index (χ1v) is 7.01. The first-order valence-electron chi connectivity index (χ1n) is 7.01. The number of rotatable bonds is 5. The Labute approximate surface area is 119 Å². The van der Waals surface area contributed by atoms with Crippen LogP contribution in [-0.2, 0) is 0 Å². The van der Waals surface area contributed by atoms with Crippen LogP contribution in [0.2, 0.25) is 0 Å². The fraction of sp³-hybridized carbons (Fsp3) is 0.467. The highest BCUT2D eigenvalue weighted by molar-refractivity contribution is 5.74. The first-order chi connectivity index (χ1) is 9.78. The molecule has 1 aromatic heterocycles. The number of carbonyl (C=O) groups excluding carboxylic acids is 1. The van der Waals surface area contributed by atoms with Crippen LogP contribution in [0.5, 0.6) is 5.88 Å². The molecule has 1 aromatic rings. The second-order valence-electron chi connectivity index (χ2n) is 4.90. The van der Waals surface area contributed by atoms with E-state index in [9.17, 15) is 4.79 Å². The maximum absolute atomic E-state index is 11.5. The predicted molar refractivity (Wildman–Crippen MR) is 77.6 cm³/mol. The van der Waals surface area contributed by atoms with Gasteiger partial charge in [0.1, 0.15) is 6.10 Å². The maximum atomic E-state index is 11.5. The van der Waals surface area contributed by atoms with Crippen molar-refractivity contribution < 1.29 is 9.53 Å². The van der Waals surface area contributed by atoms with E-state index in [1.54, 1.807) is 12.3 Å². The van der Waals surface area contributed by atoms with Crippen LogP contribution in [-0.4, -0.2) is 29.7 Å². The highest BCUT2D eigenvalue weighted by Crippen LogP contribution is 2.22. The van der Waals surface area contributed by atoms with E-state index in [4.69, 9.17) is 4.74 Å². The zero-order valence-electron chi connectivity index (χ0n) is 11.5. The minimum atomic E-state index is -0.126. The fourth-order valence-corrected chi connectivity index (χ4v) is 2.31. The predicted octanol–water partition coefficient (Wildman–Crippen LogP) is 2.26. The molecule has 1 aliphatic rings. The Bertz CT molecular complexity index is 428. The third-order valence-corrected chi connectivity index (χ3v) is 3.34. The summed E-state index contributed by atoms with van der Waals surface area (Å²) < 4.78 is 5.82. The zero-order valence-corrected chi connectivity index (χ0v) is 11.5. The molecule has 0 aliphatic heterocycles. The molecule has 0 aromatic carbocycles. The summed E-state index contributed by atoms with van der Waals surface area (Å²) in [5.74, 6) is 0.674. The minimum absolute atomic E-state index is 0.126. The number of carbonyl (C=O) groups is 1. The Kier molecular flexibility index (Phi) is 5.41. The van der Waals surface area contributed by atoms with E-state index in [0.717, 1.165) is 25.7 Å². The van der Waals surface area contributed by atoms with Gasteiger partial charge in [-0.15, -0.1) is 6.58 Å². The molecule has 0 unspecified atom stereocenters. The summed E-state index contributed by atoms with van der Waals surface area (Å²) in [4.78, 5) is 15.7. The lowest BCUT2D eigenvalue weighted by Crippen LogP contribution is -2.44. The van der Waals surface area contributed by atoms with Crippen LogP contribution >= 0.6 is 0 Å². The van der Waals surface area contributed by atoms with Gasteiger partial charge in [0.2, 0.25) is 5.88 Å². The lowest BCUT2D eigenvalue weighted by atomic mass is 9.93. The molecule has 1 heterocycles. The summed E-state index contributed by atoms with van der Waals surface area (Å²) in [6, 6.07) is 5.75. The van der Waals surface area contributed by atoms with Crippen LogP contribution in [0.15, 0.2) is 37.1 Å².